The van der Waals surface area contributed by atoms with Crippen LogP contribution >= 0.6 is 0 Å². The molecule has 0 atom stereocenters. The molecule has 2 heterocycles. The Morgan fingerprint density at radius 1 is 1.33 bits per heavy atom. The number of sulfonamides is 1. The van der Waals surface area contributed by atoms with Gasteiger partial charge in [0, 0.05) is 19.1 Å². The van der Waals surface area contributed by atoms with Gasteiger partial charge in [0.15, 0.2) is 0 Å². The lowest BCUT2D eigenvalue weighted by Gasteiger charge is -2.29. The molecule has 5 nitrogen and oxygen atoms in total. The molecule has 0 aromatic carbocycles. The fraction of sp³-hybridized carbons (Fsp3) is 0.733. The van der Waals surface area contributed by atoms with E-state index < -0.39 is 10.0 Å². The van der Waals surface area contributed by atoms with E-state index in [9.17, 15) is 8.42 Å². The van der Waals surface area contributed by atoms with Crippen molar-refractivity contribution in [2.75, 3.05) is 13.1 Å². The molecule has 2 rings (SSSR count). The predicted molar refractivity (Wildman–Crippen MR) is 82.5 cm³/mol. The summed E-state index contributed by atoms with van der Waals surface area (Å²) in [6.45, 7) is 7.99. The Bertz CT molecular complexity index is 543. The number of piperidine rings is 1. The lowest BCUT2D eigenvalue weighted by molar-refractivity contribution is 0.262. The van der Waals surface area contributed by atoms with E-state index in [2.05, 4.69) is 12.2 Å². The van der Waals surface area contributed by atoms with Gasteiger partial charge in [-0.05, 0) is 30.9 Å². The molecule has 0 radical (unpaired) electrons. The van der Waals surface area contributed by atoms with E-state index in [0.717, 1.165) is 19.3 Å². The van der Waals surface area contributed by atoms with Crippen LogP contribution in [0.2, 0.25) is 0 Å². The van der Waals surface area contributed by atoms with Crippen LogP contribution in [0.1, 0.15) is 45.8 Å². The first-order valence-corrected chi connectivity index (χ1v) is 9.19. The van der Waals surface area contributed by atoms with Gasteiger partial charge in [-0.3, -0.25) is 0 Å². The number of hydrogen-bond acceptors (Lipinski definition) is 4. The second-order valence-corrected chi connectivity index (χ2v) is 7.88. The summed E-state index contributed by atoms with van der Waals surface area (Å²) in [6, 6.07) is 3.64. The predicted octanol–water partition coefficient (Wildman–Crippen LogP) is 2.59. The van der Waals surface area contributed by atoms with E-state index in [0.29, 0.717) is 37.4 Å². The first kappa shape index (κ1) is 16.5. The van der Waals surface area contributed by atoms with Crippen molar-refractivity contribution in [1.82, 2.24) is 9.62 Å². The number of hydrogen-bond donors (Lipinski definition) is 1. The molecular weight excluding hydrogens is 288 g/mol. The van der Waals surface area contributed by atoms with Crippen molar-refractivity contribution >= 4 is 10.0 Å². The topological polar surface area (TPSA) is 62.6 Å². The van der Waals surface area contributed by atoms with Crippen LogP contribution in [-0.2, 0) is 16.6 Å². The van der Waals surface area contributed by atoms with E-state index in [1.54, 1.807) is 16.4 Å². The van der Waals surface area contributed by atoms with Gasteiger partial charge in [-0.25, -0.2) is 8.42 Å². The molecule has 0 unspecified atom stereocenters. The van der Waals surface area contributed by atoms with Crippen LogP contribution in [-0.4, -0.2) is 31.9 Å². The van der Waals surface area contributed by atoms with E-state index in [1.807, 2.05) is 13.8 Å². The zero-order valence-corrected chi connectivity index (χ0v) is 13.9. The van der Waals surface area contributed by atoms with Gasteiger partial charge >= 0.3 is 0 Å². The molecule has 1 aliphatic heterocycles. The Hall–Kier alpha value is -0.850. The molecule has 1 aromatic rings. The Morgan fingerprint density at radius 3 is 2.57 bits per heavy atom. The summed E-state index contributed by atoms with van der Waals surface area (Å²) in [7, 11) is -3.47. The molecule has 0 spiro atoms. The second kappa shape index (κ2) is 6.94. The Balaban J connectivity index is 2.03. The number of rotatable bonds is 6. The Morgan fingerprint density at radius 2 is 2.00 bits per heavy atom. The van der Waals surface area contributed by atoms with Crippen LogP contribution in [0.4, 0.5) is 0 Å². The van der Waals surface area contributed by atoms with Crippen molar-refractivity contribution in [3.8, 4) is 0 Å². The van der Waals surface area contributed by atoms with Gasteiger partial charge in [0.2, 0.25) is 5.09 Å². The van der Waals surface area contributed by atoms with Gasteiger partial charge in [0.05, 0.1) is 6.54 Å². The maximum atomic E-state index is 12.5. The molecule has 0 bridgehead atoms. The maximum Gasteiger partial charge on any atom is 0.276 e. The minimum atomic E-state index is -3.47. The zero-order valence-electron chi connectivity index (χ0n) is 13.1. The minimum Gasteiger partial charge on any atom is -0.447 e. The molecule has 0 aliphatic carbocycles. The van der Waals surface area contributed by atoms with Gasteiger partial charge in [0.25, 0.3) is 10.0 Å². The number of nitrogens with zero attached hydrogens (tertiary/aromatic N) is 1. The van der Waals surface area contributed by atoms with Crippen LogP contribution in [0, 0.1) is 5.92 Å². The molecule has 6 heteroatoms. The van der Waals surface area contributed by atoms with E-state index in [-0.39, 0.29) is 5.09 Å². The molecule has 1 aromatic heterocycles. The third-order valence-electron chi connectivity index (χ3n) is 4.07. The first-order valence-electron chi connectivity index (χ1n) is 7.75. The van der Waals surface area contributed by atoms with E-state index >= 15 is 0 Å². The van der Waals surface area contributed by atoms with Gasteiger partial charge in [-0.2, -0.15) is 4.31 Å². The van der Waals surface area contributed by atoms with Crippen LogP contribution in [0.15, 0.2) is 21.6 Å². The molecule has 0 saturated carbocycles. The quantitative estimate of drug-likeness (QED) is 0.876. The summed E-state index contributed by atoms with van der Waals surface area (Å²) < 4.78 is 32.2. The van der Waals surface area contributed by atoms with Crippen molar-refractivity contribution in [1.29, 1.82) is 0 Å². The summed E-state index contributed by atoms with van der Waals surface area (Å²) in [5.74, 6) is 1.31. The third-order valence-corrected chi connectivity index (χ3v) is 5.84. The molecule has 21 heavy (non-hydrogen) atoms. The first-order chi connectivity index (χ1) is 9.93. The summed E-state index contributed by atoms with van der Waals surface area (Å²) in [5, 5.41) is 3.28. The fourth-order valence-corrected chi connectivity index (χ4v) is 3.98. The standard InChI is InChI=1S/C15H26N2O3S/c1-4-13-7-9-17(10-8-13)21(18,19)15-6-5-14(20-15)11-16-12(2)3/h5-6,12-13,16H,4,7-11H2,1-3H3. The number of furan rings is 1. The highest BCUT2D eigenvalue weighted by molar-refractivity contribution is 7.89. The van der Waals surface area contributed by atoms with Crippen LogP contribution < -0.4 is 5.32 Å². The summed E-state index contributed by atoms with van der Waals surface area (Å²) >= 11 is 0. The van der Waals surface area contributed by atoms with E-state index in [1.165, 1.54) is 0 Å². The van der Waals surface area contributed by atoms with Crippen molar-refractivity contribution in [3.63, 3.8) is 0 Å². The largest absolute Gasteiger partial charge is 0.447 e. The lowest BCUT2D eigenvalue weighted by Crippen LogP contribution is -2.38. The van der Waals surface area contributed by atoms with Crippen LogP contribution in [0.3, 0.4) is 0 Å². The zero-order chi connectivity index (χ0) is 15.5. The third kappa shape index (κ3) is 4.08. The second-order valence-electron chi connectivity index (χ2n) is 6.01. The summed E-state index contributed by atoms with van der Waals surface area (Å²) in [4.78, 5) is 0. The van der Waals surface area contributed by atoms with E-state index in [4.69, 9.17) is 4.42 Å². The maximum absolute atomic E-state index is 12.5. The molecule has 1 fully saturated rings. The molecular formula is C15H26N2O3S. The Labute approximate surface area is 127 Å². The van der Waals surface area contributed by atoms with Gasteiger partial charge < -0.3 is 9.73 Å². The molecule has 0 amide bonds. The van der Waals surface area contributed by atoms with Crippen LogP contribution in [0.5, 0.6) is 0 Å². The fourth-order valence-electron chi connectivity index (χ4n) is 2.58. The van der Waals surface area contributed by atoms with Crippen molar-refractivity contribution in [2.45, 2.75) is 57.7 Å². The summed E-state index contributed by atoms with van der Waals surface area (Å²) in [5.41, 5.74) is 0. The molecule has 1 N–H and O–H groups in total. The van der Waals surface area contributed by atoms with Crippen molar-refractivity contribution in [3.05, 3.63) is 17.9 Å². The van der Waals surface area contributed by atoms with Crippen molar-refractivity contribution in [2.24, 2.45) is 5.92 Å². The number of nitrogens with one attached hydrogen (secondary N) is 1. The highest BCUT2D eigenvalue weighted by Gasteiger charge is 2.31. The SMILES string of the molecule is CCC1CCN(S(=O)(=O)c2ccc(CNC(C)C)o2)CC1. The van der Waals surface area contributed by atoms with Crippen LogP contribution in [0.25, 0.3) is 0 Å². The molecule has 1 saturated heterocycles. The minimum absolute atomic E-state index is 0.0676. The van der Waals surface area contributed by atoms with Gasteiger partial charge in [0.1, 0.15) is 5.76 Å². The molecule has 120 valence electrons. The molecule has 1 aliphatic rings. The Kier molecular flexibility index (Phi) is 5.46. The summed E-state index contributed by atoms with van der Waals surface area (Å²) in [6.07, 6.45) is 3.01. The monoisotopic (exact) mass is 314 g/mol. The average molecular weight is 314 g/mol. The van der Waals surface area contributed by atoms with Gasteiger partial charge in [-0.1, -0.05) is 27.2 Å². The normalized spacial score (nSPS) is 18.5. The lowest BCUT2D eigenvalue weighted by atomic mass is 9.96. The highest BCUT2D eigenvalue weighted by Crippen LogP contribution is 2.26. The average Bonchev–Trinajstić information content (AvgIpc) is 2.95. The van der Waals surface area contributed by atoms with Crippen molar-refractivity contribution < 1.29 is 12.8 Å². The highest BCUT2D eigenvalue weighted by atomic mass is 32.2. The van der Waals surface area contributed by atoms with Gasteiger partial charge in [-0.15, -0.1) is 0 Å². The smallest absolute Gasteiger partial charge is 0.276 e.